The number of primary amides is 2. The molecule has 6 atom stereocenters. The minimum atomic E-state index is -1.72. The van der Waals surface area contributed by atoms with Crippen LogP contribution in [0.25, 0.3) is 0 Å². The number of carboxylic acid groups (broad SMARTS) is 1. The van der Waals surface area contributed by atoms with E-state index in [2.05, 4.69) is 10.6 Å². The number of nitrogens with one attached hydrogen (secondary N) is 3. The molecule has 0 aromatic heterocycles. The lowest BCUT2D eigenvalue weighted by Crippen LogP contribution is -2.59. The molecule has 0 fully saturated rings. The fourth-order valence-electron chi connectivity index (χ4n) is 2.66. The van der Waals surface area contributed by atoms with E-state index in [0.29, 0.717) is 6.42 Å². The summed E-state index contributed by atoms with van der Waals surface area (Å²) in [6.45, 7) is 4.67. The second kappa shape index (κ2) is 14.0. The van der Waals surface area contributed by atoms with E-state index in [1.165, 1.54) is 0 Å². The molecule has 0 heterocycles. The van der Waals surface area contributed by atoms with Gasteiger partial charge in [-0.15, -0.1) is 0 Å². The Bertz CT molecular complexity index is 744. The minimum absolute atomic E-state index is 0.216. The summed E-state index contributed by atoms with van der Waals surface area (Å²) in [5, 5.41) is 25.2. The summed E-state index contributed by atoms with van der Waals surface area (Å²) in [6.07, 6.45) is -2.11. The van der Waals surface area contributed by atoms with E-state index in [0.717, 1.165) is 6.92 Å². The molecule has 0 aliphatic carbocycles. The monoisotopic (exact) mass is 474 g/mol. The number of amides is 5. The van der Waals surface area contributed by atoms with Crippen LogP contribution in [-0.2, 0) is 28.8 Å². The van der Waals surface area contributed by atoms with Crippen molar-refractivity contribution >= 4 is 35.5 Å². The van der Waals surface area contributed by atoms with Crippen LogP contribution in [0.3, 0.4) is 0 Å². The molecule has 14 nitrogen and oxygen atoms in total. The second-order valence-electron chi connectivity index (χ2n) is 7.77. The molecular formula is C19H34N6O8. The second-order valence-corrected chi connectivity index (χ2v) is 7.77. The lowest BCUT2D eigenvalue weighted by Gasteiger charge is -2.26. The molecule has 5 amide bonds. The molecule has 6 unspecified atom stereocenters. The van der Waals surface area contributed by atoms with Crippen LogP contribution in [0.4, 0.5) is 0 Å². The standard InChI is InChI=1S/C19H34N6O8/c1-4-8(2)14(22)18(31)23-10(5-6-12(20)27)16(29)24-11(7-13(21)28)17(30)25-15(9(3)26)19(32)33/h8-11,14-15,26H,4-7,22H2,1-3H3,(H2,20,27)(H2,21,28)(H,23,31)(H,24,29)(H,25,30)(H,32,33). The van der Waals surface area contributed by atoms with Gasteiger partial charge in [0.25, 0.3) is 0 Å². The van der Waals surface area contributed by atoms with E-state index < -0.39 is 72.2 Å². The van der Waals surface area contributed by atoms with E-state index in [1.54, 1.807) is 6.92 Å². The average Bonchev–Trinajstić information content (AvgIpc) is 2.71. The number of hydrogen-bond donors (Lipinski definition) is 8. The molecule has 11 N–H and O–H groups in total. The van der Waals surface area contributed by atoms with Gasteiger partial charge in [0.2, 0.25) is 29.5 Å². The van der Waals surface area contributed by atoms with Crippen LogP contribution in [-0.4, -0.2) is 76.0 Å². The Balaban J connectivity index is 5.62. The minimum Gasteiger partial charge on any atom is -0.480 e. The van der Waals surface area contributed by atoms with Crippen molar-refractivity contribution in [1.82, 2.24) is 16.0 Å². The van der Waals surface area contributed by atoms with Crippen molar-refractivity contribution in [3.05, 3.63) is 0 Å². The third-order valence-electron chi connectivity index (χ3n) is 4.96. The van der Waals surface area contributed by atoms with Crippen LogP contribution in [0, 0.1) is 5.92 Å². The van der Waals surface area contributed by atoms with Crippen LogP contribution in [0.15, 0.2) is 0 Å². The predicted octanol–water partition coefficient (Wildman–Crippen LogP) is -3.58. The highest BCUT2D eigenvalue weighted by atomic mass is 16.4. The molecule has 14 heteroatoms. The largest absolute Gasteiger partial charge is 0.480 e. The van der Waals surface area contributed by atoms with E-state index in [4.69, 9.17) is 22.3 Å². The Hall–Kier alpha value is -3.26. The Morgan fingerprint density at radius 2 is 1.36 bits per heavy atom. The predicted molar refractivity (Wildman–Crippen MR) is 115 cm³/mol. The zero-order valence-electron chi connectivity index (χ0n) is 18.9. The molecule has 0 aliphatic heterocycles. The first-order valence-electron chi connectivity index (χ1n) is 10.3. The van der Waals surface area contributed by atoms with Crippen molar-refractivity contribution in [2.45, 2.75) is 76.7 Å². The molecule has 0 radical (unpaired) electrons. The third kappa shape index (κ3) is 10.7. The Morgan fingerprint density at radius 1 is 0.848 bits per heavy atom. The number of aliphatic hydroxyl groups excluding tert-OH is 1. The van der Waals surface area contributed by atoms with Crippen molar-refractivity contribution in [3.63, 3.8) is 0 Å². The summed E-state index contributed by atoms with van der Waals surface area (Å²) in [7, 11) is 0. The van der Waals surface area contributed by atoms with Crippen LogP contribution < -0.4 is 33.2 Å². The first kappa shape index (κ1) is 29.7. The summed E-state index contributed by atoms with van der Waals surface area (Å²) >= 11 is 0. The van der Waals surface area contributed by atoms with E-state index in [9.17, 15) is 33.9 Å². The van der Waals surface area contributed by atoms with Gasteiger partial charge in [-0.2, -0.15) is 0 Å². The van der Waals surface area contributed by atoms with Crippen molar-refractivity contribution in [2.75, 3.05) is 0 Å². The molecule has 0 aromatic rings. The van der Waals surface area contributed by atoms with E-state index >= 15 is 0 Å². The van der Waals surface area contributed by atoms with Crippen LogP contribution >= 0.6 is 0 Å². The molecule has 0 rings (SSSR count). The molecule has 0 saturated carbocycles. The van der Waals surface area contributed by atoms with Gasteiger partial charge in [0, 0.05) is 6.42 Å². The number of carboxylic acids is 1. The fourth-order valence-corrected chi connectivity index (χ4v) is 2.66. The Kier molecular flexibility index (Phi) is 12.6. The van der Waals surface area contributed by atoms with Crippen LogP contribution in [0.2, 0.25) is 0 Å². The highest BCUT2D eigenvalue weighted by Gasteiger charge is 2.33. The van der Waals surface area contributed by atoms with Crippen LogP contribution in [0.1, 0.15) is 46.5 Å². The third-order valence-corrected chi connectivity index (χ3v) is 4.96. The zero-order valence-corrected chi connectivity index (χ0v) is 18.9. The van der Waals surface area contributed by atoms with E-state index in [-0.39, 0.29) is 18.8 Å². The van der Waals surface area contributed by atoms with Crippen LogP contribution in [0.5, 0.6) is 0 Å². The van der Waals surface area contributed by atoms with Crippen molar-refractivity contribution in [2.24, 2.45) is 23.1 Å². The van der Waals surface area contributed by atoms with Gasteiger partial charge in [0.1, 0.15) is 12.1 Å². The first-order valence-corrected chi connectivity index (χ1v) is 10.3. The number of nitrogens with two attached hydrogens (primary N) is 3. The quantitative estimate of drug-likeness (QED) is 0.116. The van der Waals surface area contributed by atoms with Gasteiger partial charge in [-0.05, 0) is 19.3 Å². The fraction of sp³-hybridized carbons (Fsp3) is 0.684. The lowest BCUT2D eigenvalue weighted by molar-refractivity contribution is -0.145. The first-order chi connectivity index (χ1) is 15.2. The summed E-state index contributed by atoms with van der Waals surface area (Å²) in [6, 6.07) is -5.63. The molecule has 0 spiro atoms. The number of carbonyl (C=O) groups excluding carboxylic acids is 5. The number of hydrogen-bond acceptors (Lipinski definition) is 8. The Labute approximate surface area is 191 Å². The van der Waals surface area contributed by atoms with Gasteiger partial charge in [-0.1, -0.05) is 20.3 Å². The topological polar surface area (TPSA) is 257 Å². The van der Waals surface area contributed by atoms with Gasteiger partial charge in [-0.25, -0.2) is 4.79 Å². The smallest absolute Gasteiger partial charge is 0.328 e. The Morgan fingerprint density at radius 3 is 1.79 bits per heavy atom. The van der Waals surface area contributed by atoms with Crippen molar-refractivity contribution < 1.29 is 39.0 Å². The van der Waals surface area contributed by atoms with Crippen molar-refractivity contribution in [3.8, 4) is 0 Å². The number of aliphatic carboxylic acids is 1. The summed E-state index contributed by atoms with van der Waals surface area (Å²) in [5.41, 5.74) is 16.1. The summed E-state index contributed by atoms with van der Waals surface area (Å²) in [5.74, 6) is -6.24. The molecule has 0 bridgehead atoms. The summed E-state index contributed by atoms with van der Waals surface area (Å²) < 4.78 is 0. The lowest BCUT2D eigenvalue weighted by atomic mass is 9.98. The molecule has 0 aromatic carbocycles. The maximum atomic E-state index is 12.8. The van der Waals surface area contributed by atoms with Crippen molar-refractivity contribution in [1.29, 1.82) is 0 Å². The highest BCUT2D eigenvalue weighted by molar-refractivity contribution is 5.96. The van der Waals surface area contributed by atoms with Gasteiger partial charge in [0.05, 0.1) is 18.6 Å². The maximum Gasteiger partial charge on any atom is 0.328 e. The zero-order chi connectivity index (χ0) is 25.9. The van der Waals surface area contributed by atoms with Gasteiger partial charge in [0.15, 0.2) is 6.04 Å². The van der Waals surface area contributed by atoms with E-state index in [1.807, 2.05) is 12.2 Å². The number of rotatable bonds is 15. The highest BCUT2D eigenvalue weighted by Crippen LogP contribution is 2.07. The maximum absolute atomic E-state index is 12.8. The molecule has 188 valence electrons. The van der Waals surface area contributed by atoms with Gasteiger partial charge < -0.3 is 43.4 Å². The summed E-state index contributed by atoms with van der Waals surface area (Å²) in [4.78, 5) is 71.5. The normalized spacial score (nSPS) is 16.3. The number of aliphatic hydroxyl groups is 1. The molecular weight excluding hydrogens is 440 g/mol. The molecule has 0 aliphatic rings. The molecule has 0 saturated heterocycles. The SMILES string of the molecule is CCC(C)C(N)C(=O)NC(CCC(N)=O)C(=O)NC(CC(N)=O)C(=O)NC(C(=O)O)C(C)O. The number of carbonyl (C=O) groups is 6. The molecule has 33 heavy (non-hydrogen) atoms. The van der Waals surface area contributed by atoms with Gasteiger partial charge in [-0.3, -0.25) is 24.0 Å². The average molecular weight is 475 g/mol. The van der Waals surface area contributed by atoms with Gasteiger partial charge >= 0.3 is 5.97 Å².